The van der Waals surface area contributed by atoms with E-state index in [1.165, 1.54) is 0 Å². The quantitative estimate of drug-likeness (QED) is 0.739. The monoisotopic (exact) mass is 268 g/mol. The number of anilines is 1. The maximum Gasteiger partial charge on any atom is 0.260 e. The Labute approximate surface area is 117 Å². The zero-order valence-electron chi connectivity index (χ0n) is 11.5. The van der Waals surface area contributed by atoms with E-state index in [0.29, 0.717) is 23.9 Å². The van der Waals surface area contributed by atoms with Crippen LogP contribution >= 0.6 is 0 Å². The number of aromatic nitrogens is 2. The Morgan fingerprint density at radius 2 is 1.85 bits per heavy atom. The van der Waals surface area contributed by atoms with Crippen molar-refractivity contribution in [1.29, 1.82) is 0 Å². The van der Waals surface area contributed by atoms with E-state index in [2.05, 4.69) is 10.1 Å². The van der Waals surface area contributed by atoms with Gasteiger partial charge in [0.15, 0.2) is 5.82 Å². The Kier molecular flexibility index (Phi) is 3.12. The molecule has 0 spiro atoms. The molecule has 20 heavy (non-hydrogen) atoms. The van der Waals surface area contributed by atoms with Gasteiger partial charge in [-0.05, 0) is 37.0 Å². The Morgan fingerprint density at radius 3 is 2.55 bits per heavy atom. The van der Waals surface area contributed by atoms with Crippen molar-refractivity contribution in [3.63, 3.8) is 0 Å². The summed E-state index contributed by atoms with van der Waals surface area (Å²) >= 11 is 0. The fraction of sp³-hybridized carbons (Fsp3) is 0.200. The van der Waals surface area contributed by atoms with E-state index >= 15 is 0 Å². The molecule has 0 aliphatic carbocycles. The van der Waals surface area contributed by atoms with Gasteiger partial charge in [-0.3, -0.25) is 0 Å². The second-order valence-electron chi connectivity index (χ2n) is 5.04. The van der Waals surface area contributed by atoms with Crippen LogP contribution in [0.4, 0.5) is 5.69 Å². The minimum Gasteiger partial charge on any atom is -0.398 e. The van der Waals surface area contributed by atoms with Gasteiger partial charge in [0.25, 0.3) is 5.89 Å². The number of hydrogen-bond acceptors (Lipinski definition) is 5. The summed E-state index contributed by atoms with van der Waals surface area (Å²) in [6, 6.07) is 12.0. The van der Waals surface area contributed by atoms with Crippen molar-refractivity contribution in [2.45, 2.75) is 6.54 Å². The summed E-state index contributed by atoms with van der Waals surface area (Å²) in [5.41, 5.74) is 7.51. The molecule has 0 radical (unpaired) electrons. The molecule has 2 N–H and O–H groups in total. The SMILES string of the molecule is CN(C)Cc1noc(-c2cc3ccccc3cc2N)n1. The average Bonchev–Trinajstić information content (AvgIpc) is 2.85. The predicted molar refractivity (Wildman–Crippen MR) is 79.0 cm³/mol. The van der Waals surface area contributed by atoms with Crippen molar-refractivity contribution in [2.24, 2.45) is 0 Å². The second-order valence-corrected chi connectivity index (χ2v) is 5.04. The Bertz CT molecular complexity index is 748. The summed E-state index contributed by atoms with van der Waals surface area (Å²) in [4.78, 5) is 6.37. The van der Waals surface area contributed by atoms with Crippen LogP contribution in [0.5, 0.6) is 0 Å². The third-order valence-corrected chi connectivity index (χ3v) is 3.07. The van der Waals surface area contributed by atoms with Gasteiger partial charge in [0.2, 0.25) is 0 Å². The van der Waals surface area contributed by atoms with Crippen LogP contribution in [0.1, 0.15) is 5.82 Å². The second kappa shape index (κ2) is 4.94. The van der Waals surface area contributed by atoms with Crippen LogP contribution in [-0.2, 0) is 6.54 Å². The number of benzene rings is 2. The molecule has 102 valence electrons. The lowest BCUT2D eigenvalue weighted by Crippen LogP contribution is -2.11. The van der Waals surface area contributed by atoms with E-state index in [0.717, 1.165) is 16.3 Å². The number of fused-ring (bicyclic) bond motifs is 1. The summed E-state index contributed by atoms with van der Waals surface area (Å²) in [6.07, 6.45) is 0. The Hall–Kier alpha value is -2.40. The van der Waals surface area contributed by atoms with Gasteiger partial charge in [-0.1, -0.05) is 29.4 Å². The van der Waals surface area contributed by atoms with Crippen LogP contribution in [0, 0.1) is 0 Å². The lowest BCUT2D eigenvalue weighted by Gasteiger charge is -2.04. The fourth-order valence-electron chi connectivity index (χ4n) is 2.15. The molecule has 5 heteroatoms. The van der Waals surface area contributed by atoms with E-state index in [4.69, 9.17) is 10.3 Å². The van der Waals surface area contributed by atoms with Crippen molar-refractivity contribution in [3.8, 4) is 11.5 Å². The van der Waals surface area contributed by atoms with E-state index in [1.807, 2.05) is 55.4 Å². The predicted octanol–water partition coefficient (Wildman–Crippen LogP) is 2.53. The zero-order valence-corrected chi connectivity index (χ0v) is 11.5. The lowest BCUT2D eigenvalue weighted by atomic mass is 10.1. The van der Waals surface area contributed by atoms with Gasteiger partial charge in [0.1, 0.15) is 0 Å². The molecule has 0 fully saturated rings. The highest BCUT2D eigenvalue weighted by Crippen LogP contribution is 2.29. The molecule has 2 aromatic carbocycles. The van der Waals surface area contributed by atoms with Crippen molar-refractivity contribution in [2.75, 3.05) is 19.8 Å². The molecule has 0 bridgehead atoms. The van der Waals surface area contributed by atoms with Gasteiger partial charge in [-0.25, -0.2) is 0 Å². The molecule has 1 aromatic heterocycles. The smallest absolute Gasteiger partial charge is 0.260 e. The highest BCUT2D eigenvalue weighted by Gasteiger charge is 2.13. The van der Waals surface area contributed by atoms with E-state index in [9.17, 15) is 0 Å². The third-order valence-electron chi connectivity index (χ3n) is 3.07. The average molecular weight is 268 g/mol. The van der Waals surface area contributed by atoms with E-state index < -0.39 is 0 Å². The van der Waals surface area contributed by atoms with Crippen LogP contribution < -0.4 is 5.73 Å². The summed E-state index contributed by atoms with van der Waals surface area (Å²) in [5, 5.41) is 6.17. The molecule has 5 nitrogen and oxygen atoms in total. The van der Waals surface area contributed by atoms with Gasteiger partial charge < -0.3 is 15.2 Å². The van der Waals surface area contributed by atoms with Crippen molar-refractivity contribution in [1.82, 2.24) is 15.0 Å². The van der Waals surface area contributed by atoms with Crippen molar-refractivity contribution in [3.05, 3.63) is 42.2 Å². The molecule has 0 atom stereocenters. The zero-order chi connectivity index (χ0) is 14.1. The molecule has 0 unspecified atom stereocenters. The van der Waals surface area contributed by atoms with E-state index in [-0.39, 0.29) is 0 Å². The number of nitrogen functional groups attached to an aromatic ring is 1. The van der Waals surface area contributed by atoms with Gasteiger partial charge in [0, 0.05) is 5.69 Å². The standard InChI is InChI=1S/C15H16N4O/c1-19(2)9-14-17-15(20-18-14)12-7-10-5-3-4-6-11(10)8-13(12)16/h3-8H,9,16H2,1-2H3. The van der Waals surface area contributed by atoms with Crippen LogP contribution in [0.2, 0.25) is 0 Å². The minimum absolute atomic E-state index is 0.463. The first-order valence-corrected chi connectivity index (χ1v) is 6.39. The Morgan fingerprint density at radius 1 is 1.15 bits per heavy atom. The van der Waals surface area contributed by atoms with Crippen molar-refractivity contribution >= 4 is 16.5 Å². The van der Waals surface area contributed by atoms with Gasteiger partial charge in [-0.15, -0.1) is 0 Å². The molecule has 1 heterocycles. The van der Waals surface area contributed by atoms with Crippen LogP contribution in [0.15, 0.2) is 40.9 Å². The third kappa shape index (κ3) is 2.35. The molecule has 0 aliphatic rings. The molecule has 3 aromatic rings. The summed E-state index contributed by atoms with van der Waals surface area (Å²) in [7, 11) is 3.92. The molecule has 3 rings (SSSR count). The molecular weight excluding hydrogens is 252 g/mol. The molecular formula is C15H16N4O. The Balaban J connectivity index is 2.05. The normalized spacial score (nSPS) is 11.3. The first kappa shape index (κ1) is 12.6. The van der Waals surface area contributed by atoms with Crippen molar-refractivity contribution < 1.29 is 4.52 Å². The molecule has 0 saturated carbocycles. The molecule has 0 saturated heterocycles. The van der Waals surface area contributed by atoms with E-state index in [1.54, 1.807) is 0 Å². The number of hydrogen-bond donors (Lipinski definition) is 1. The molecule has 0 amide bonds. The first-order valence-electron chi connectivity index (χ1n) is 6.39. The fourth-order valence-corrected chi connectivity index (χ4v) is 2.15. The summed E-state index contributed by atoms with van der Waals surface area (Å²) in [5.74, 6) is 1.11. The lowest BCUT2D eigenvalue weighted by molar-refractivity contribution is 0.365. The highest BCUT2D eigenvalue weighted by atomic mass is 16.5. The van der Waals surface area contributed by atoms with Gasteiger partial charge in [-0.2, -0.15) is 4.98 Å². The summed E-state index contributed by atoms with van der Waals surface area (Å²) < 4.78 is 5.31. The van der Waals surface area contributed by atoms with Crippen LogP contribution in [0.25, 0.3) is 22.2 Å². The maximum atomic E-state index is 6.09. The van der Waals surface area contributed by atoms with Crippen LogP contribution in [0.3, 0.4) is 0 Å². The number of nitrogens with zero attached hydrogens (tertiary/aromatic N) is 3. The first-order chi connectivity index (χ1) is 9.63. The van der Waals surface area contributed by atoms with Gasteiger partial charge >= 0.3 is 0 Å². The number of rotatable bonds is 3. The number of nitrogens with two attached hydrogens (primary N) is 1. The topological polar surface area (TPSA) is 68.2 Å². The largest absolute Gasteiger partial charge is 0.398 e. The highest BCUT2D eigenvalue weighted by molar-refractivity contribution is 5.92. The van der Waals surface area contributed by atoms with Crippen LogP contribution in [-0.4, -0.2) is 29.1 Å². The van der Waals surface area contributed by atoms with Gasteiger partial charge in [0.05, 0.1) is 12.1 Å². The minimum atomic E-state index is 0.463. The molecule has 0 aliphatic heterocycles. The maximum absolute atomic E-state index is 6.09. The summed E-state index contributed by atoms with van der Waals surface area (Å²) in [6.45, 7) is 0.636.